The third-order valence-corrected chi connectivity index (χ3v) is 7.93. The molecule has 43 heavy (non-hydrogen) atoms. The lowest BCUT2D eigenvalue weighted by molar-refractivity contribution is -0.164. The summed E-state index contributed by atoms with van der Waals surface area (Å²) in [5.41, 5.74) is 3.63. The Kier molecular flexibility index (Phi) is 12.1. The molecule has 0 bridgehead atoms. The number of carbonyl (C=O) groups excluding carboxylic acids is 4. The molecule has 1 fully saturated rings. The van der Waals surface area contributed by atoms with Crippen molar-refractivity contribution in [1.82, 2.24) is 10.3 Å². The molecule has 0 radical (unpaired) electrons. The molecule has 11 nitrogen and oxygen atoms in total. The number of methoxy groups -OCH3 is 2. The number of anilines is 1. The fraction of sp³-hybridized carbons (Fsp3) is 0.500. The maximum absolute atomic E-state index is 13.7. The first kappa shape index (κ1) is 33.5. The molecule has 0 saturated carbocycles. The number of hydrogen-bond donors (Lipinski definition) is 3. The molecule has 1 saturated heterocycles. The zero-order valence-corrected chi connectivity index (χ0v) is 25.7. The van der Waals surface area contributed by atoms with Crippen LogP contribution in [-0.4, -0.2) is 61.8 Å². The van der Waals surface area contributed by atoms with Crippen LogP contribution >= 0.6 is 0 Å². The second kappa shape index (κ2) is 15.5. The Morgan fingerprint density at radius 1 is 1.05 bits per heavy atom. The normalized spacial score (nSPS) is 15.8. The second-order valence-corrected chi connectivity index (χ2v) is 11.3. The molecule has 2 aromatic carbocycles. The summed E-state index contributed by atoms with van der Waals surface area (Å²) in [5.74, 6) is 4.42. The standard InChI is InChI=1S/C32H44N4O7/c1-6-32(2,3)29(38)30(39)36-17-8-7-12-24(36)31(40)43-25(15-13-21-14-16-26(41-4)27(18-21)42-5)22-10-9-11-23(19-22)35-28(37)20-34-33/h9-11,14,16,18-19,24-25,34H,6-8,12-13,15,17,20,33H2,1-5H3,(H,35,37)/t24-,25+/m0/s1. The zero-order valence-electron chi connectivity index (χ0n) is 25.7. The van der Waals surface area contributed by atoms with Gasteiger partial charge in [-0.05, 0) is 73.9 Å². The molecule has 234 valence electrons. The number of carbonyl (C=O) groups is 4. The average Bonchev–Trinajstić information content (AvgIpc) is 3.02. The highest BCUT2D eigenvalue weighted by molar-refractivity contribution is 6.38. The summed E-state index contributed by atoms with van der Waals surface area (Å²) in [4.78, 5) is 53.5. The van der Waals surface area contributed by atoms with Crippen LogP contribution in [0.3, 0.4) is 0 Å². The Balaban J connectivity index is 1.88. The van der Waals surface area contributed by atoms with Crippen LogP contribution in [0.25, 0.3) is 0 Å². The molecular formula is C32H44N4O7. The highest BCUT2D eigenvalue weighted by Crippen LogP contribution is 2.32. The third kappa shape index (κ3) is 8.77. The van der Waals surface area contributed by atoms with Gasteiger partial charge in [-0.25, -0.2) is 4.79 Å². The number of aryl methyl sites for hydroxylation is 1. The van der Waals surface area contributed by atoms with E-state index >= 15 is 0 Å². The largest absolute Gasteiger partial charge is 0.493 e. The molecule has 0 unspecified atom stereocenters. The van der Waals surface area contributed by atoms with Crippen LogP contribution in [0.5, 0.6) is 11.5 Å². The number of rotatable bonds is 14. The van der Waals surface area contributed by atoms with Gasteiger partial charge in [0.25, 0.3) is 5.91 Å². The van der Waals surface area contributed by atoms with E-state index in [4.69, 9.17) is 20.1 Å². The number of nitrogens with one attached hydrogen (secondary N) is 2. The first-order chi connectivity index (χ1) is 20.5. The molecule has 0 aromatic heterocycles. The number of hydrazine groups is 1. The van der Waals surface area contributed by atoms with E-state index in [1.165, 1.54) is 4.90 Å². The summed E-state index contributed by atoms with van der Waals surface area (Å²) in [7, 11) is 3.13. The highest BCUT2D eigenvalue weighted by atomic mass is 16.5. The van der Waals surface area contributed by atoms with Crippen molar-refractivity contribution in [1.29, 1.82) is 0 Å². The highest BCUT2D eigenvalue weighted by Gasteiger charge is 2.41. The van der Waals surface area contributed by atoms with E-state index < -0.39 is 35.2 Å². The van der Waals surface area contributed by atoms with E-state index in [9.17, 15) is 19.2 Å². The lowest BCUT2D eigenvalue weighted by Gasteiger charge is -2.36. The van der Waals surface area contributed by atoms with Crippen LogP contribution in [0, 0.1) is 5.41 Å². The summed E-state index contributed by atoms with van der Waals surface area (Å²) in [5, 5.41) is 2.77. The molecule has 1 aliphatic heterocycles. The van der Waals surface area contributed by atoms with E-state index in [1.54, 1.807) is 46.3 Å². The van der Waals surface area contributed by atoms with Gasteiger partial charge in [-0.1, -0.05) is 39.0 Å². The summed E-state index contributed by atoms with van der Waals surface area (Å²) < 4.78 is 16.9. The lowest BCUT2D eigenvalue weighted by atomic mass is 9.84. The van der Waals surface area contributed by atoms with Crippen LogP contribution < -0.4 is 26.1 Å². The first-order valence-corrected chi connectivity index (χ1v) is 14.6. The number of nitrogens with zero attached hydrogens (tertiary/aromatic N) is 1. The number of nitrogens with two attached hydrogens (primary N) is 1. The van der Waals surface area contributed by atoms with Crippen molar-refractivity contribution in [2.75, 3.05) is 32.6 Å². The van der Waals surface area contributed by atoms with Crippen molar-refractivity contribution in [3.8, 4) is 11.5 Å². The third-order valence-electron chi connectivity index (χ3n) is 7.93. The van der Waals surface area contributed by atoms with Gasteiger partial charge in [-0.15, -0.1) is 0 Å². The van der Waals surface area contributed by atoms with Gasteiger partial charge >= 0.3 is 5.97 Å². The minimum Gasteiger partial charge on any atom is -0.493 e. The molecule has 2 aromatic rings. The van der Waals surface area contributed by atoms with Gasteiger partial charge in [-0.2, -0.15) is 0 Å². The van der Waals surface area contributed by atoms with Gasteiger partial charge in [0.2, 0.25) is 11.7 Å². The van der Waals surface area contributed by atoms with E-state index in [2.05, 4.69) is 10.7 Å². The van der Waals surface area contributed by atoms with Crippen LogP contribution in [0.2, 0.25) is 0 Å². The summed E-state index contributed by atoms with van der Waals surface area (Å²) >= 11 is 0. The number of benzene rings is 2. The van der Waals surface area contributed by atoms with Gasteiger partial charge in [-0.3, -0.25) is 25.7 Å². The van der Waals surface area contributed by atoms with Crippen molar-refractivity contribution in [2.45, 2.75) is 71.4 Å². The Morgan fingerprint density at radius 2 is 1.79 bits per heavy atom. The molecule has 3 rings (SSSR count). The fourth-order valence-electron chi connectivity index (χ4n) is 4.96. The van der Waals surface area contributed by atoms with E-state index in [0.29, 0.717) is 61.4 Å². The van der Waals surface area contributed by atoms with Crippen LogP contribution in [0.15, 0.2) is 42.5 Å². The minimum atomic E-state index is -0.861. The van der Waals surface area contributed by atoms with Crippen molar-refractivity contribution < 1.29 is 33.4 Å². The number of esters is 1. The molecule has 1 aliphatic rings. The lowest BCUT2D eigenvalue weighted by Crippen LogP contribution is -2.53. The maximum atomic E-state index is 13.7. The molecule has 11 heteroatoms. The Bertz CT molecular complexity index is 1300. The minimum absolute atomic E-state index is 0.0684. The molecule has 0 aliphatic carbocycles. The van der Waals surface area contributed by atoms with Crippen molar-refractivity contribution >= 4 is 29.3 Å². The summed E-state index contributed by atoms with van der Waals surface area (Å²) in [6, 6.07) is 11.8. The van der Waals surface area contributed by atoms with Crippen molar-refractivity contribution in [2.24, 2.45) is 11.3 Å². The summed E-state index contributed by atoms with van der Waals surface area (Å²) in [6.07, 6.45) is 2.60. The number of ketones is 1. The monoisotopic (exact) mass is 596 g/mol. The van der Waals surface area contributed by atoms with Crippen LogP contribution in [-0.2, 0) is 30.3 Å². The van der Waals surface area contributed by atoms with E-state index in [1.807, 2.05) is 31.2 Å². The molecule has 1 heterocycles. The van der Waals surface area contributed by atoms with E-state index in [-0.39, 0.29) is 12.5 Å². The Hall–Kier alpha value is -3.96. The van der Waals surface area contributed by atoms with Gasteiger partial charge in [0.05, 0.1) is 20.8 Å². The molecule has 2 amide bonds. The number of ether oxygens (including phenoxy) is 3. The Labute approximate surface area is 253 Å². The van der Waals surface area contributed by atoms with Gasteiger partial charge in [0.15, 0.2) is 11.5 Å². The molecule has 2 atom stereocenters. The predicted octanol–water partition coefficient (Wildman–Crippen LogP) is 3.71. The number of amides is 2. The molecule has 4 N–H and O–H groups in total. The number of piperidine rings is 1. The quantitative estimate of drug-likeness (QED) is 0.128. The predicted molar refractivity (Wildman–Crippen MR) is 162 cm³/mol. The fourth-order valence-corrected chi connectivity index (χ4v) is 4.96. The van der Waals surface area contributed by atoms with E-state index in [0.717, 1.165) is 12.0 Å². The number of hydrogen-bond acceptors (Lipinski definition) is 9. The smallest absolute Gasteiger partial charge is 0.329 e. The van der Waals surface area contributed by atoms with Crippen molar-refractivity contribution in [3.63, 3.8) is 0 Å². The number of Topliss-reactive ketones (excluding diaryl/α,β-unsaturated/α-hetero) is 1. The topological polar surface area (TPSA) is 149 Å². The maximum Gasteiger partial charge on any atom is 0.329 e. The average molecular weight is 597 g/mol. The van der Waals surface area contributed by atoms with Gasteiger partial charge in [0.1, 0.15) is 12.1 Å². The van der Waals surface area contributed by atoms with Gasteiger partial charge < -0.3 is 24.4 Å². The SMILES string of the molecule is CCC(C)(C)C(=O)C(=O)N1CCCC[C@H]1C(=O)O[C@H](CCc1ccc(OC)c(OC)c1)c1cccc(NC(=O)CNN)c1. The number of likely N-dealkylation sites (tertiary alicyclic amines) is 1. The first-order valence-electron chi connectivity index (χ1n) is 14.6. The van der Waals surface area contributed by atoms with Crippen LogP contribution in [0.1, 0.15) is 70.1 Å². The van der Waals surface area contributed by atoms with Gasteiger partial charge in [0, 0.05) is 17.6 Å². The second-order valence-electron chi connectivity index (χ2n) is 11.3. The molecular weight excluding hydrogens is 552 g/mol. The zero-order chi connectivity index (χ0) is 31.6. The Morgan fingerprint density at radius 3 is 2.47 bits per heavy atom. The summed E-state index contributed by atoms with van der Waals surface area (Å²) in [6.45, 7) is 5.59. The van der Waals surface area contributed by atoms with Crippen LogP contribution in [0.4, 0.5) is 5.69 Å². The van der Waals surface area contributed by atoms with Crippen molar-refractivity contribution in [3.05, 3.63) is 53.6 Å². The molecule has 0 spiro atoms.